The molecule has 0 aromatic carbocycles. The Morgan fingerprint density at radius 1 is 1.17 bits per heavy atom. The predicted octanol–water partition coefficient (Wildman–Crippen LogP) is 3.34. The van der Waals surface area contributed by atoms with E-state index in [-0.39, 0.29) is 17.9 Å². The summed E-state index contributed by atoms with van der Waals surface area (Å²) >= 11 is 0. The van der Waals surface area contributed by atoms with Gasteiger partial charge >= 0.3 is 0 Å². The lowest BCUT2D eigenvalue weighted by atomic mass is 9.95. The van der Waals surface area contributed by atoms with Crippen LogP contribution in [0.2, 0.25) is 0 Å². The van der Waals surface area contributed by atoms with Crippen LogP contribution in [0.25, 0.3) is 0 Å². The highest BCUT2D eigenvalue weighted by atomic mass is 16.3. The van der Waals surface area contributed by atoms with Crippen molar-refractivity contribution in [2.45, 2.75) is 77.3 Å². The van der Waals surface area contributed by atoms with Crippen molar-refractivity contribution in [1.82, 2.24) is 10.2 Å². The van der Waals surface area contributed by atoms with Gasteiger partial charge in [-0.15, -0.1) is 0 Å². The molecule has 24 heavy (non-hydrogen) atoms. The number of carbonyl (C=O) groups excluding carboxylic acids is 2. The van der Waals surface area contributed by atoms with E-state index in [1.54, 1.807) is 6.07 Å². The summed E-state index contributed by atoms with van der Waals surface area (Å²) < 4.78 is 5.49. The van der Waals surface area contributed by atoms with Gasteiger partial charge in [0.05, 0.1) is 5.56 Å². The van der Waals surface area contributed by atoms with Gasteiger partial charge in [0.2, 0.25) is 5.91 Å². The molecule has 2 fully saturated rings. The number of amides is 2. The first-order valence-electron chi connectivity index (χ1n) is 9.22. The molecule has 0 bridgehead atoms. The summed E-state index contributed by atoms with van der Waals surface area (Å²) in [7, 11) is 0. The minimum Gasteiger partial charge on any atom is -0.466 e. The van der Waals surface area contributed by atoms with Crippen molar-refractivity contribution in [3.63, 3.8) is 0 Å². The number of rotatable bonds is 6. The van der Waals surface area contributed by atoms with E-state index in [2.05, 4.69) is 5.32 Å². The molecular weight excluding hydrogens is 304 g/mol. The maximum atomic E-state index is 12.8. The molecule has 0 atom stereocenters. The van der Waals surface area contributed by atoms with Gasteiger partial charge in [-0.3, -0.25) is 9.59 Å². The molecule has 1 heterocycles. The molecule has 1 aromatic heterocycles. The normalized spacial score (nSPS) is 18.4. The topological polar surface area (TPSA) is 62.6 Å². The molecule has 2 aliphatic rings. The first-order chi connectivity index (χ1) is 11.5. The van der Waals surface area contributed by atoms with E-state index < -0.39 is 0 Å². The van der Waals surface area contributed by atoms with E-state index in [0.717, 1.165) is 31.4 Å². The van der Waals surface area contributed by atoms with Gasteiger partial charge in [-0.25, -0.2) is 0 Å². The number of aryl methyl sites for hydroxylation is 2. The van der Waals surface area contributed by atoms with Crippen LogP contribution in [0.3, 0.4) is 0 Å². The van der Waals surface area contributed by atoms with Gasteiger partial charge < -0.3 is 14.6 Å². The average molecular weight is 332 g/mol. The molecule has 1 aromatic rings. The van der Waals surface area contributed by atoms with Crippen molar-refractivity contribution in [3.05, 3.63) is 23.2 Å². The average Bonchev–Trinajstić information content (AvgIpc) is 3.32. The molecule has 0 aliphatic heterocycles. The van der Waals surface area contributed by atoms with Crippen LogP contribution in [-0.2, 0) is 4.79 Å². The van der Waals surface area contributed by atoms with Crippen LogP contribution in [0, 0.1) is 13.8 Å². The third kappa shape index (κ3) is 4.19. The summed E-state index contributed by atoms with van der Waals surface area (Å²) in [6.07, 6.45) is 8.31. The van der Waals surface area contributed by atoms with Gasteiger partial charge in [0.1, 0.15) is 11.5 Å². The maximum absolute atomic E-state index is 12.8. The highest BCUT2D eigenvalue weighted by Crippen LogP contribution is 2.29. The fourth-order valence-electron chi connectivity index (χ4n) is 3.60. The van der Waals surface area contributed by atoms with Crippen LogP contribution in [0.4, 0.5) is 0 Å². The number of nitrogens with zero attached hydrogens (tertiary/aromatic N) is 1. The van der Waals surface area contributed by atoms with Crippen molar-refractivity contribution in [1.29, 1.82) is 0 Å². The van der Waals surface area contributed by atoms with E-state index in [4.69, 9.17) is 4.42 Å². The van der Waals surface area contributed by atoms with Crippen LogP contribution in [0.15, 0.2) is 10.5 Å². The molecule has 0 radical (unpaired) electrons. The third-order valence-corrected chi connectivity index (χ3v) is 5.07. The zero-order valence-electron chi connectivity index (χ0n) is 14.8. The summed E-state index contributed by atoms with van der Waals surface area (Å²) in [5.41, 5.74) is 0.632. The number of furan rings is 1. The summed E-state index contributed by atoms with van der Waals surface area (Å²) in [4.78, 5) is 26.9. The Morgan fingerprint density at radius 3 is 2.46 bits per heavy atom. The SMILES string of the molecule is Cc1cc(C(=O)N(CCC(=O)NC2CCCCC2)C2CC2)c(C)o1. The van der Waals surface area contributed by atoms with E-state index in [9.17, 15) is 9.59 Å². The zero-order chi connectivity index (χ0) is 17.1. The predicted molar refractivity (Wildman–Crippen MR) is 91.9 cm³/mol. The van der Waals surface area contributed by atoms with Gasteiger partial charge in [0, 0.05) is 25.0 Å². The van der Waals surface area contributed by atoms with Gasteiger partial charge in [0.25, 0.3) is 5.91 Å². The molecule has 0 unspecified atom stereocenters. The van der Waals surface area contributed by atoms with Gasteiger partial charge in [-0.1, -0.05) is 19.3 Å². The smallest absolute Gasteiger partial charge is 0.257 e. The second-order valence-corrected chi connectivity index (χ2v) is 7.21. The molecule has 5 nitrogen and oxygen atoms in total. The van der Waals surface area contributed by atoms with E-state index in [0.29, 0.717) is 30.3 Å². The van der Waals surface area contributed by atoms with E-state index in [1.807, 2.05) is 18.7 Å². The monoisotopic (exact) mass is 332 g/mol. The van der Waals surface area contributed by atoms with Crippen LogP contribution in [-0.4, -0.2) is 35.3 Å². The molecule has 0 spiro atoms. The Hall–Kier alpha value is -1.78. The molecule has 5 heteroatoms. The molecule has 2 saturated carbocycles. The second kappa shape index (κ2) is 7.41. The van der Waals surface area contributed by atoms with Crippen LogP contribution < -0.4 is 5.32 Å². The summed E-state index contributed by atoms with van der Waals surface area (Å²) in [6.45, 7) is 4.16. The third-order valence-electron chi connectivity index (χ3n) is 5.07. The second-order valence-electron chi connectivity index (χ2n) is 7.21. The van der Waals surface area contributed by atoms with Crippen molar-refractivity contribution in [3.8, 4) is 0 Å². The quantitative estimate of drug-likeness (QED) is 0.869. The van der Waals surface area contributed by atoms with Crippen molar-refractivity contribution in [2.75, 3.05) is 6.54 Å². The van der Waals surface area contributed by atoms with Crippen LogP contribution in [0.1, 0.15) is 73.2 Å². The lowest BCUT2D eigenvalue weighted by Gasteiger charge is -2.25. The lowest BCUT2D eigenvalue weighted by Crippen LogP contribution is -2.40. The van der Waals surface area contributed by atoms with Crippen molar-refractivity contribution < 1.29 is 14.0 Å². The number of hydrogen-bond donors (Lipinski definition) is 1. The number of hydrogen-bond acceptors (Lipinski definition) is 3. The lowest BCUT2D eigenvalue weighted by molar-refractivity contribution is -0.122. The Labute approximate surface area is 143 Å². The Bertz CT molecular complexity index is 598. The van der Waals surface area contributed by atoms with Crippen LogP contribution in [0.5, 0.6) is 0 Å². The highest BCUT2D eigenvalue weighted by Gasteiger charge is 2.34. The molecule has 2 amide bonds. The largest absolute Gasteiger partial charge is 0.466 e. The highest BCUT2D eigenvalue weighted by molar-refractivity contribution is 5.96. The Balaban J connectivity index is 1.55. The fraction of sp³-hybridized carbons (Fsp3) is 0.684. The van der Waals surface area contributed by atoms with Gasteiger partial charge in [-0.05, 0) is 45.6 Å². The molecule has 1 N–H and O–H groups in total. The van der Waals surface area contributed by atoms with E-state index >= 15 is 0 Å². The molecule has 132 valence electrons. The zero-order valence-corrected chi connectivity index (χ0v) is 14.8. The molecule has 0 saturated heterocycles. The van der Waals surface area contributed by atoms with E-state index in [1.165, 1.54) is 19.3 Å². The Kier molecular flexibility index (Phi) is 5.27. The fourth-order valence-corrected chi connectivity index (χ4v) is 3.60. The molecule has 2 aliphatic carbocycles. The Morgan fingerprint density at radius 2 is 1.88 bits per heavy atom. The standard InChI is InChI=1S/C19H28N2O3/c1-13-12-17(14(2)24-13)19(23)21(16-8-9-16)11-10-18(22)20-15-6-4-3-5-7-15/h12,15-16H,3-11H2,1-2H3,(H,20,22). The summed E-state index contributed by atoms with van der Waals surface area (Å²) in [6, 6.07) is 2.42. The molecular formula is C19H28N2O3. The minimum absolute atomic E-state index is 0.00248. The summed E-state index contributed by atoms with van der Waals surface area (Å²) in [5.74, 6) is 1.48. The van der Waals surface area contributed by atoms with Gasteiger partial charge in [0.15, 0.2) is 0 Å². The van der Waals surface area contributed by atoms with Crippen molar-refractivity contribution in [2.24, 2.45) is 0 Å². The van der Waals surface area contributed by atoms with Crippen LogP contribution >= 0.6 is 0 Å². The van der Waals surface area contributed by atoms with Gasteiger partial charge in [-0.2, -0.15) is 0 Å². The first-order valence-corrected chi connectivity index (χ1v) is 9.22. The number of nitrogens with one attached hydrogen (secondary N) is 1. The maximum Gasteiger partial charge on any atom is 0.257 e. The molecule has 3 rings (SSSR count). The summed E-state index contributed by atoms with van der Waals surface area (Å²) in [5, 5.41) is 3.13. The number of carbonyl (C=O) groups is 2. The minimum atomic E-state index is -0.00248. The van der Waals surface area contributed by atoms with Crippen molar-refractivity contribution >= 4 is 11.8 Å². The first kappa shape index (κ1) is 17.1.